The van der Waals surface area contributed by atoms with Crippen LogP contribution >= 0.6 is 0 Å². The number of methoxy groups -OCH3 is 1. The van der Waals surface area contributed by atoms with Crippen LogP contribution in [-0.2, 0) is 6.42 Å². The largest absolute Gasteiger partial charge is 0.497 e. The van der Waals surface area contributed by atoms with Gasteiger partial charge < -0.3 is 19.8 Å². The molecule has 2 amide bonds. The first kappa shape index (κ1) is 21.0. The molecule has 30 heavy (non-hydrogen) atoms. The predicted molar refractivity (Wildman–Crippen MR) is 109 cm³/mol. The van der Waals surface area contributed by atoms with Crippen molar-refractivity contribution in [1.82, 2.24) is 10.3 Å². The fourth-order valence-corrected chi connectivity index (χ4v) is 2.94. The molecule has 0 saturated carbocycles. The maximum absolute atomic E-state index is 14.0. The number of carbonyl (C=O) groups excluding carboxylic acids is 2. The minimum atomic E-state index is -0.638. The van der Waals surface area contributed by atoms with Crippen molar-refractivity contribution < 1.29 is 23.1 Å². The van der Waals surface area contributed by atoms with Crippen LogP contribution in [0.2, 0.25) is 0 Å². The number of ether oxygens (including phenoxy) is 1. The maximum Gasteiger partial charge on any atom is 0.277 e. The molecule has 0 fully saturated rings. The molecule has 3 rings (SSSR count). The molecule has 2 aromatic carbocycles. The van der Waals surface area contributed by atoms with Crippen molar-refractivity contribution in [3.05, 3.63) is 76.8 Å². The molecule has 0 saturated heterocycles. The third-order valence-electron chi connectivity index (χ3n) is 4.39. The number of oxazole rings is 1. The summed E-state index contributed by atoms with van der Waals surface area (Å²) in [4.78, 5) is 28.8. The van der Waals surface area contributed by atoms with E-state index in [0.29, 0.717) is 24.6 Å². The van der Waals surface area contributed by atoms with Crippen molar-refractivity contribution in [2.45, 2.75) is 20.3 Å². The van der Waals surface area contributed by atoms with Gasteiger partial charge in [0.1, 0.15) is 17.3 Å². The van der Waals surface area contributed by atoms with Crippen LogP contribution in [-0.4, -0.2) is 30.5 Å². The highest BCUT2D eigenvalue weighted by molar-refractivity contribution is 6.04. The molecule has 0 aliphatic heterocycles. The van der Waals surface area contributed by atoms with Gasteiger partial charge in [-0.05, 0) is 49.2 Å². The van der Waals surface area contributed by atoms with Crippen LogP contribution in [0.15, 0.2) is 46.9 Å². The van der Waals surface area contributed by atoms with Crippen molar-refractivity contribution >= 4 is 17.5 Å². The molecule has 0 atom stereocenters. The Morgan fingerprint density at radius 2 is 1.83 bits per heavy atom. The first-order valence-electron chi connectivity index (χ1n) is 9.33. The molecule has 0 aliphatic rings. The molecule has 0 unspecified atom stereocenters. The Morgan fingerprint density at radius 3 is 2.47 bits per heavy atom. The Labute approximate surface area is 173 Å². The first-order chi connectivity index (χ1) is 14.4. The minimum absolute atomic E-state index is 0.105. The molecule has 0 spiro atoms. The quantitative estimate of drug-likeness (QED) is 0.619. The van der Waals surface area contributed by atoms with E-state index in [4.69, 9.17) is 9.15 Å². The molecular formula is C22H22FN3O4. The number of aryl methyl sites for hydroxylation is 2. The Bertz CT molecular complexity index is 1060. The number of anilines is 1. The second-order valence-corrected chi connectivity index (χ2v) is 6.67. The van der Waals surface area contributed by atoms with Crippen LogP contribution in [0, 0.1) is 19.7 Å². The lowest BCUT2D eigenvalue weighted by atomic mass is 10.1. The average Bonchev–Trinajstić information content (AvgIpc) is 3.06. The minimum Gasteiger partial charge on any atom is -0.497 e. The molecule has 2 N–H and O–H groups in total. The molecule has 0 aliphatic carbocycles. The maximum atomic E-state index is 14.0. The summed E-state index contributed by atoms with van der Waals surface area (Å²) in [5, 5.41) is 5.30. The Hall–Kier alpha value is -3.68. The van der Waals surface area contributed by atoms with Crippen molar-refractivity contribution in [3.63, 3.8) is 0 Å². The van der Waals surface area contributed by atoms with Crippen molar-refractivity contribution in [2.75, 3.05) is 19.0 Å². The fraction of sp³-hybridized carbons (Fsp3) is 0.227. The number of hydrogen-bond acceptors (Lipinski definition) is 5. The van der Waals surface area contributed by atoms with Gasteiger partial charge in [0, 0.05) is 24.7 Å². The van der Waals surface area contributed by atoms with Gasteiger partial charge >= 0.3 is 0 Å². The number of amides is 2. The number of nitrogens with zero attached hydrogens (tertiary/aromatic N) is 1. The molecule has 3 aromatic rings. The zero-order valence-electron chi connectivity index (χ0n) is 16.9. The molecule has 8 heteroatoms. The number of carbonyl (C=O) groups is 2. The fourth-order valence-electron chi connectivity index (χ4n) is 2.94. The highest BCUT2D eigenvalue weighted by Crippen LogP contribution is 2.17. The number of rotatable bonds is 7. The summed E-state index contributed by atoms with van der Waals surface area (Å²) >= 11 is 0. The van der Waals surface area contributed by atoms with E-state index in [9.17, 15) is 14.0 Å². The number of aromatic nitrogens is 1. The summed E-state index contributed by atoms with van der Waals surface area (Å²) in [6.07, 6.45) is 0.611. The van der Waals surface area contributed by atoms with Gasteiger partial charge in [-0.2, -0.15) is 0 Å². The number of halogens is 1. The molecular weight excluding hydrogens is 389 g/mol. The van der Waals surface area contributed by atoms with Crippen LogP contribution < -0.4 is 15.4 Å². The zero-order valence-corrected chi connectivity index (χ0v) is 16.9. The van der Waals surface area contributed by atoms with E-state index >= 15 is 0 Å². The van der Waals surface area contributed by atoms with E-state index in [0.717, 1.165) is 23.4 Å². The Morgan fingerprint density at radius 1 is 1.10 bits per heavy atom. The van der Waals surface area contributed by atoms with Crippen LogP contribution in [0.5, 0.6) is 5.75 Å². The van der Waals surface area contributed by atoms with E-state index in [1.54, 1.807) is 21.0 Å². The summed E-state index contributed by atoms with van der Waals surface area (Å²) in [5.41, 5.74) is 1.40. The molecule has 156 valence electrons. The van der Waals surface area contributed by atoms with Gasteiger partial charge in [0.15, 0.2) is 11.6 Å². The Kier molecular flexibility index (Phi) is 6.46. The van der Waals surface area contributed by atoms with Crippen LogP contribution in [0.25, 0.3) is 0 Å². The smallest absolute Gasteiger partial charge is 0.277 e. The van der Waals surface area contributed by atoms with E-state index in [1.165, 1.54) is 6.07 Å². The standard InChI is InChI=1S/C22H22FN3O4/c1-13-20(25-14(2)30-13)22(28)26-18-11-16(10-17(23)12-18)21(27)24-9-8-15-4-6-19(29-3)7-5-15/h4-7,10-12H,8-9H2,1-3H3,(H,24,27)(H,26,28). The van der Waals surface area contributed by atoms with Gasteiger partial charge in [0.2, 0.25) is 0 Å². The second-order valence-electron chi connectivity index (χ2n) is 6.67. The van der Waals surface area contributed by atoms with Crippen LogP contribution in [0.1, 0.15) is 38.1 Å². The number of nitrogens with one attached hydrogen (secondary N) is 2. The van der Waals surface area contributed by atoms with Crippen molar-refractivity contribution in [2.24, 2.45) is 0 Å². The van der Waals surface area contributed by atoms with E-state index in [-0.39, 0.29) is 16.9 Å². The lowest BCUT2D eigenvalue weighted by molar-refractivity contribution is 0.0952. The summed E-state index contributed by atoms with van der Waals surface area (Å²) in [5.74, 6) is -0.145. The van der Waals surface area contributed by atoms with Gasteiger partial charge in [0.05, 0.1) is 7.11 Å². The SMILES string of the molecule is COc1ccc(CCNC(=O)c2cc(F)cc(NC(=O)c3nc(C)oc3C)c2)cc1. The first-order valence-corrected chi connectivity index (χ1v) is 9.33. The third kappa shape index (κ3) is 5.22. The van der Waals surface area contributed by atoms with Crippen molar-refractivity contribution in [1.29, 1.82) is 0 Å². The lowest BCUT2D eigenvalue weighted by Crippen LogP contribution is -2.26. The van der Waals surface area contributed by atoms with Crippen LogP contribution in [0.4, 0.5) is 10.1 Å². The summed E-state index contributed by atoms with van der Waals surface area (Å²) < 4.78 is 24.4. The summed E-state index contributed by atoms with van der Waals surface area (Å²) in [6, 6.07) is 11.2. The lowest BCUT2D eigenvalue weighted by Gasteiger charge is -2.09. The predicted octanol–water partition coefficient (Wildman–Crippen LogP) is 3.66. The second kappa shape index (κ2) is 9.21. The van der Waals surface area contributed by atoms with E-state index in [2.05, 4.69) is 15.6 Å². The van der Waals surface area contributed by atoms with Gasteiger partial charge in [-0.3, -0.25) is 9.59 Å². The third-order valence-corrected chi connectivity index (χ3v) is 4.39. The highest BCUT2D eigenvalue weighted by atomic mass is 19.1. The van der Waals surface area contributed by atoms with Crippen LogP contribution in [0.3, 0.4) is 0 Å². The van der Waals surface area contributed by atoms with Crippen molar-refractivity contribution in [3.8, 4) is 5.75 Å². The molecule has 0 bridgehead atoms. The monoisotopic (exact) mass is 411 g/mol. The molecule has 7 nitrogen and oxygen atoms in total. The average molecular weight is 411 g/mol. The topological polar surface area (TPSA) is 93.5 Å². The zero-order chi connectivity index (χ0) is 21.7. The molecule has 1 heterocycles. The normalized spacial score (nSPS) is 10.5. The molecule has 1 aromatic heterocycles. The summed E-state index contributed by atoms with van der Waals surface area (Å²) in [7, 11) is 1.60. The van der Waals surface area contributed by atoms with Gasteiger partial charge in [0.25, 0.3) is 11.8 Å². The highest BCUT2D eigenvalue weighted by Gasteiger charge is 2.17. The number of hydrogen-bond donors (Lipinski definition) is 2. The summed E-state index contributed by atoms with van der Waals surface area (Å²) in [6.45, 7) is 3.61. The van der Waals surface area contributed by atoms with Gasteiger partial charge in [-0.15, -0.1) is 0 Å². The molecule has 0 radical (unpaired) electrons. The van der Waals surface area contributed by atoms with Gasteiger partial charge in [-0.1, -0.05) is 12.1 Å². The van der Waals surface area contributed by atoms with Gasteiger partial charge in [-0.25, -0.2) is 9.37 Å². The van der Waals surface area contributed by atoms with E-state index in [1.807, 2.05) is 24.3 Å². The Balaban J connectivity index is 1.62. The number of benzene rings is 2. The van der Waals surface area contributed by atoms with E-state index < -0.39 is 17.6 Å².